The Labute approximate surface area is 137 Å². The average Bonchev–Trinajstić information content (AvgIpc) is 3.22. The Bertz CT molecular complexity index is 879. The van der Waals surface area contributed by atoms with Crippen LogP contribution < -0.4 is 4.90 Å². The summed E-state index contributed by atoms with van der Waals surface area (Å²) < 4.78 is 18.5. The molecule has 3 aromatic rings. The summed E-state index contributed by atoms with van der Waals surface area (Å²) in [7, 11) is 0. The Morgan fingerprint density at radius 2 is 1.96 bits per heavy atom. The fourth-order valence-electron chi connectivity index (χ4n) is 2.88. The highest BCUT2D eigenvalue weighted by Crippen LogP contribution is 2.31. The van der Waals surface area contributed by atoms with Crippen molar-refractivity contribution in [3.05, 3.63) is 66.2 Å². The zero-order chi connectivity index (χ0) is 16.5. The van der Waals surface area contributed by atoms with E-state index in [0.717, 1.165) is 5.69 Å². The second-order valence-electron chi connectivity index (χ2n) is 5.71. The van der Waals surface area contributed by atoms with Crippen molar-refractivity contribution in [1.29, 1.82) is 0 Å². The third kappa shape index (κ3) is 2.67. The Morgan fingerprint density at radius 3 is 2.75 bits per heavy atom. The van der Waals surface area contributed by atoms with Gasteiger partial charge in [-0.1, -0.05) is 29.4 Å². The Hall–Kier alpha value is -3.02. The SMILES string of the molecule is O=C1C[C@@H](c2noc(-c3cccc(F)c3)n2)CN1c1ccccc1. The van der Waals surface area contributed by atoms with Crippen LogP contribution in [0.4, 0.5) is 10.1 Å². The average molecular weight is 323 g/mol. The quantitative estimate of drug-likeness (QED) is 0.741. The van der Waals surface area contributed by atoms with Crippen molar-refractivity contribution in [3.8, 4) is 11.5 Å². The van der Waals surface area contributed by atoms with Crippen molar-refractivity contribution in [2.75, 3.05) is 11.4 Å². The molecule has 24 heavy (non-hydrogen) atoms. The van der Waals surface area contributed by atoms with E-state index in [9.17, 15) is 9.18 Å². The molecule has 1 fully saturated rings. The standard InChI is InChI=1S/C18H14FN3O2/c19-14-6-4-5-12(9-14)18-20-17(21-24-18)13-10-16(23)22(11-13)15-7-2-1-3-8-15/h1-9,13H,10-11H2/t13-/m1/s1. The van der Waals surface area contributed by atoms with Gasteiger partial charge in [0.25, 0.3) is 5.89 Å². The van der Waals surface area contributed by atoms with Crippen LogP contribution in [0.15, 0.2) is 59.1 Å². The third-order valence-corrected chi connectivity index (χ3v) is 4.07. The van der Waals surface area contributed by atoms with Crippen LogP contribution >= 0.6 is 0 Å². The minimum atomic E-state index is -0.362. The summed E-state index contributed by atoms with van der Waals surface area (Å²) in [4.78, 5) is 18.3. The number of amides is 1. The monoisotopic (exact) mass is 323 g/mol. The van der Waals surface area contributed by atoms with E-state index in [-0.39, 0.29) is 23.5 Å². The summed E-state index contributed by atoms with van der Waals surface area (Å²) in [6.07, 6.45) is 0.330. The van der Waals surface area contributed by atoms with E-state index in [0.29, 0.717) is 24.4 Å². The summed E-state index contributed by atoms with van der Waals surface area (Å²) >= 11 is 0. The van der Waals surface area contributed by atoms with Crippen molar-refractivity contribution >= 4 is 11.6 Å². The number of aromatic nitrogens is 2. The van der Waals surface area contributed by atoms with Gasteiger partial charge in [0.1, 0.15) is 5.82 Å². The van der Waals surface area contributed by atoms with Gasteiger partial charge in [-0.2, -0.15) is 4.98 Å². The van der Waals surface area contributed by atoms with Crippen molar-refractivity contribution in [2.24, 2.45) is 0 Å². The van der Waals surface area contributed by atoms with E-state index >= 15 is 0 Å². The van der Waals surface area contributed by atoms with Gasteiger partial charge in [0.05, 0.1) is 0 Å². The lowest BCUT2D eigenvalue weighted by molar-refractivity contribution is -0.117. The summed E-state index contributed by atoms with van der Waals surface area (Å²) in [5, 5.41) is 3.98. The molecule has 6 heteroatoms. The molecule has 4 rings (SSSR count). The van der Waals surface area contributed by atoms with Gasteiger partial charge in [0.15, 0.2) is 5.82 Å². The van der Waals surface area contributed by atoms with E-state index in [1.165, 1.54) is 12.1 Å². The number of hydrogen-bond donors (Lipinski definition) is 0. The zero-order valence-electron chi connectivity index (χ0n) is 12.7. The largest absolute Gasteiger partial charge is 0.334 e. The number of nitrogens with zero attached hydrogens (tertiary/aromatic N) is 3. The first kappa shape index (κ1) is 14.6. The molecule has 1 atom stereocenters. The van der Waals surface area contributed by atoms with E-state index in [1.54, 1.807) is 17.0 Å². The molecule has 120 valence electrons. The topological polar surface area (TPSA) is 59.2 Å². The smallest absolute Gasteiger partial charge is 0.258 e. The zero-order valence-corrected chi connectivity index (χ0v) is 12.7. The molecular formula is C18H14FN3O2. The highest BCUT2D eigenvalue weighted by Gasteiger charge is 2.34. The molecule has 0 radical (unpaired) electrons. The molecule has 0 unspecified atom stereocenters. The van der Waals surface area contributed by atoms with Gasteiger partial charge in [-0.3, -0.25) is 4.79 Å². The number of para-hydroxylation sites is 1. The van der Waals surface area contributed by atoms with Gasteiger partial charge in [-0.05, 0) is 30.3 Å². The second kappa shape index (κ2) is 5.88. The first-order valence-electron chi connectivity index (χ1n) is 7.65. The Morgan fingerprint density at radius 1 is 1.12 bits per heavy atom. The number of carbonyl (C=O) groups is 1. The van der Waals surface area contributed by atoms with E-state index in [1.807, 2.05) is 30.3 Å². The van der Waals surface area contributed by atoms with E-state index in [2.05, 4.69) is 10.1 Å². The van der Waals surface area contributed by atoms with Crippen molar-refractivity contribution in [2.45, 2.75) is 12.3 Å². The summed E-state index contributed by atoms with van der Waals surface area (Å²) in [6, 6.07) is 15.5. The van der Waals surface area contributed by atoms with E-state index in [4.69, 9.17) is 4.52 Å². The molecule has 1 aliphatic heterocycles. The minimum Gasteiger partial charge on any atom is -0.334 e. The van der Waals surface area contributed by atoms with Crippen LogP contribution in [-0.2, 0) is 4.79 Å². The predicted octanol–water partition coefficient (Wildman–Crippen LogP) is 3.40. The third-order valence-electron chi connectivity index (χ3n) is 4.07. The molecule has 0 bridgehead atoms. The van der Waals surface area contributed by atoms with Crippen molar-refractivity contribution in [1.82, 2.24) is 10.1 Å². The van der Waals surface area contributed by atoms with Crippen LogP contribution in [0.25, 0.3) is 11.5 Å². The maximum atomic E-state index is 13.3. The van der Waals surface area contributed by atoms with Gasteiger partial charge in [0.2, 0.25) is 5.91 Å². The fourth-order valence-corrected chi connectivity index (χ4v) is 2.88. The summed E-state index contributed by atoms with van der Waals surface area (Å²) in [6.45, 7) is 0.505. The Balaban J connectivity index is 1.57. The molecule has 1 saturated heterocycles. The number of hydrogen-bond acceptors (Lipinski definition) is 4. The van der Waals surface area contributed by atoms with Gasteiger partial charge >= 0.3 is 0 Å². The first-order chi connectivity index (χ1) is 11.7. The predicted molar refractivity (Wildman–Crippen MR) is 85.8 cm³/mol. The molecule has 0 aliphatic carbocycles. The summed E-state index contributed by atoms with van der Waals surface area (Å²) in [5.41, 5.74) is 1.39. The van der Waals surface area contributed by atoms with Crippen LogP contribution in [0.3, 0.4) is 0 Å². The second-order valence-corrected chi connectivity index (χ2v) is 5.71. The lowest BCUT2D eigenvalue weighted by Gasteiger charge is -2.15. The molecule has 1 aliphatic rings. The molecule has 1 aromatic heterocycles. The number of halogens is 1. The van der Waals surface area contributed by atoms with Gasteiger partial charge in [-0.25, -0.2) is 4.39 Å². The molecule has 0 saturated carbocycles. The highest BCUT2D eigenvalue weighted by molar-refractivity contribution is 5.96. The number of benzene rings is 2. The molecule has 5 nitrogen and oxygen atoms in total. The Kier molecular flexibility index (Phi) is 3.57. The number of anilines is 1. The first-order valence-corrected chi connectivity index (χ1v) is 7.65. The van der Waals surface area contributed by atoms with Crippen LogP contribution in [0.5, 0.6) is 0 Å². The van der Waals surface area contributed by atoms with Crippen molar-refractivity contribution < 1.29 is 13.7 Å². The fraction of sp³-hybridized carbons (Fsp3) is 0.167. The maximum Gasteiger partial charge on any atom is 0.258 e. The van der Waals surface area contributed by atoms with Gasteiger partial charge in [0, 0.05) is 30.1 Å². The molecular weight excluding hydrogens is 309 g/mol. The lowest BCUT2D eigenvalue weighted by Crippen LogP contribution is -2.24. The van der Waals surface area contributed by atoms with Crippen LogP contribution in [0, 0.1) is 5.82 Å². The molecule has 0 N–H and O–H groups in total. The van der Waals surface area contributed by atoms with Crippen LogP contribution in [-0.4, -0.2) is 22.6 Å². The maximum absolute atomic E-state index is 13.3. The van der Waals surface area contributed by atoms with Crippen molar-refractivity contribution in [3.63, 3.8) is 0 Å². The van der Waals surface area contributed by atoms with Crippen LogP contribution in [0.2, 0.25) is 0 Å². The highest BCUT2D eigenvalue weighted by atomic mass is 19.1. The molecule has 1 amide bonds. The molecule has 2 heterocycles. The van der Waals surface area contributed by atoms with Gasteiger partial charge < -0.3 is 9.42 Å². The normalized spacial score (nSPS) is 17.5. The number of carbonyl (C=O) groups excluding carboxylic acids is 1. The van der Waals surface area contributed by atoms with Gasteiger partial charge in [-0.15, -0.1) is 0 Å². The number of rotatable bonds is 3. The minimum absolute atomic E-state index is 0.0308. The lowest BCUT2D eigenvalue weighted by atomic mass is 10.1. The van der Waals surface area contributed by atoms with Crippen LogP contribution in [0.1, 0.15) is 18.2 Å². The molecule has 0 spiro atoms. The van der Waals surface area contributed by atoms with E-state index < -0.39 is 0 Å². The summed E-state index contributed by atoms with van der Waals surface area (Å²) in [5.74, 6) is 0.266. The molecule has 2 aromatic carbocycles.